The van der Waals surface area contributed by atoms with Gasteiger partial charge in [0.05, 0.1) is 5.01 Å². The van der Waals surface area contributed by atoms with Gasteiger partial charge in [-0.05, 0) is 6.92 Å². The van der Waals surface area contributed by atoms with Crippen LogP contribution < -0.4 is 5.32 Å². The summed E-state index contributed by atoms with van der Waals surface area (Å²) in [6.07, 6.45) is -4.31. The van der Waals surface area contributed by atoms with Gasteiger partial charge in [-0.3, -0.25) is 0 Å². The number of alkyl halides is 3. The molecule has 0 saturated carbocycles. The van der Waals surface area contributed by atoms with E-state index in [4.69, 9.17) is 0 Å². The summed E-state index contributed by atoms with van der Waals surface area (Å²) >= 11 is 1.15. The second-order valence-corrected chi connectivity index (χ2v) is 4.54. The maximum Gasteiger partial charge on any atom is 0.434 e. The zero-order valence-electron chi connectivity index (χ0n) is 7.48. The van der Waals surface area contributed by atoms with Gasteiger partial charge in [-0.1, -0.05) is 0 Å². The lowest BCUT2D eigenvalue weighted by molar-refractivity contribution is -0.141. The maximum absolute atomic E-state index is 12.4. The number of nitrogens with zero attached hydrogens (tertiary/aromatic N) is 1. The van der Waals surface area contributed by atoms with Crippen LogP contribution in [0.2, 0.25) is 0 Å². The maximum atomic E-state index is 12.4. The standard InChI is InChI=1S/C8H9F3N2S/c1-4-6(8(9,10)11)13-7(14-4)5-2-12-3-5/h5,12H,2-3H2,1H3. The highest BCUT2D eigenvalue weighted by atomic mass is 32.1. The molecule has 0 spiro atoms. The molecule has 1 N–H and O–H groups in total. The highest BCUT2D eigenvalue weighted by Gasteiger charge is 2.37. The molecular formula is C8H9F3N2S. The van der Waals surface area contributed by atoms with Crippen LogP contribution in [0.5, 0.6) is 0 Å². The lowest BCUT2D eigenvalue weighted by Crippen LogP contribution is -2.39. The monoisotopic (exact) mass is 222 g/mol. The van der Waals surface area contributed by atoms with Crippen LogP contribution in [0.15, 0.2) is 0 Å². The van der Waals surface area contributed by atoms with Crippen molar-refractivity contribution in [1.29, 1.82) is 0 Å². The van der Waals surface area contributed by atoms with Gasteiger partial charge in [-0.2, -0.15) is 13.2 Å². The van der Waals surface area contributed by atoms with Crippen LogP contribution in [0.25, 0.3) is 0 Å². The summed E-state index contributed by atoms with van der Waals surface area (Å²) < 4.78 is 37.1. The lowest BCUT2D eigenvalue weighted by Gasteiger charge is -2.24. The van der Waals surface area contributed by atoms with Gasteiger partial charge in [0.2, 0.25) is 0 Å². The fraction of sp³-hybridized carbons (Fsp3) is 0.625. The molecule has 78 valence electrons. The fourth-order valence-electron chi connectivity index (χ4n) is 1.32. The van der Waals surface area contributed by atoms with Crippen molar-refractivity contribution in [2.45, 2.75) is 19.0 Å². The molecule has 0 radical (unpaired) electrons. The van der Waals surface area contributed by atoms with E-state index in [-0.39, 0.29) is 10.8 Å². The van der Waals surface area contributed by atoms with E-state index in [2.05, 4.69) is 10.3 Å². The molecule has 1 aromatic rings. The van der Waals surface area contributed by atoms with Crippen molar-refractivity contribution < 1.29 is 13.2 Å². The van der Waals surface area contributed by atoms with Crippen LogP contribution in [0, 0.1) is 6.92 Å². The van der Waals surface area contributed by atoms with Crippen LogP contribution in [0.3, 0.4) is 0 Å². The van der Waals surface area contributed by atoms with Crippen molar-refractivity contribution in [3.8, 4) is 0 Å². The van der Waals surface area contributed by atoms with Crippen LogP contribution in [0.1, 0.15) is 21.5 Å². The van der Waals surface area contributed by atoms with Crippen LogP contribution in [0.4, 0.5) is 13.2 Å². The van der Waals surface area contributed by atoms with Crippen molar-refractivity contribution in [1.82, 2.24) is 10.3 Å². The summed E-state index contributed by atoms with van der Waals surface area (Å²) in [4.78, 5) is 3.92. The second kappa shape index (κ2) is 3.20. The van der Waals surface area contributed by atoms with Crippen molar-refractivity contribution in [2.75, 3.05) is 13.1 Å². The Morgan fingerprint density at radius 1 is 1.43 bits per heavy atom. The third-order valence-electron chi connectivity index (χ3n) is 2.21. The Hall–Kier alpha value is -0.620. The quantitative estimate of drug-likeness (QED) is 0.787. The molecule has 0 amide bonds. The second-order valence-electron chi connectivity index (χ2n) is 3.31. The van der Waals surface area contributed by atoms with E-state index in [0.29, 0.717) is 5.01 Å². The highest BCUT2D eigenvalue weighted by molar-refractivity contribution is 7.11. The normalized spacial score (nSPS) is 18.3. The average molecular weight is 222 g/mol. The SMILES string of the molecule is Cc1sc(C2CNC2)nc1C(F)(F)F. The van der Waals surface area contributed by atoms with Crippen LogP contribution >= 0.6 is 11.3 Å². The number of aryl methyl sites for hydroxylation is 1. The molecule has 1 saturated heterocycles. The van der Waals surface area contributed by atoms with Gasteiger partial charge in [0.15, 0.2) is 5.69 Å². The number of thiazole rings is 1. The molecule has 6 heteroatoms. The molecule has 0 unspecified atom stereocenters. The number of halogens is 3. The molecule has 0 atom stereocenters. The number of nitrogens with one attached hydrogen (secondary N) is 1. The van der Waals surface area contributed by atoms with Gasteiger partial charge < -0.3 is 5.32 Å². The van der Waals surface area contributed by atoms with Crippen molar-refractivity contribution in [3.05, 3.63) is 15.6 Å². The van der Waals surface area contributed by atoms with E-state index in [0.717, 1.165) is 24.4 Å². The first kappa shape index (κ1) is 9.92. The molecule has 0 aromatic carbocycles. The topological polar surface area (TPSA) is 24.9 Å². The Bertz CT molecular complexity index is 341. The lowest BCUT2D eigenvalue weighted by atomic mass is 10.1. The summed E-state index contributed by atoms with van der Waals surface area (Å²) in [5.41, 5.74) is -0.718. The van der Waals surface area contributed by atoms with Gasteiger partial charge in [-0.25, -0.2) is 4.98 Å². The predicted octanol–water partition coefficient (Wildman–Crippen LogP) is 2.16. The van der Waals surface area contributed by atoms with Gasteiger partial charge in [-0.15, -0.1) is 11.3 Å². The average Bonchev–Trinajstić information content (AvgIpc) is 2.25. The van der Waals surface area contributed by atoms with Crippen molar-refractivity contribution in [3.63, 3.8) is 0 Å². The molecule has 14 heavy (non-hydrogen) atoms. The summed E-state index contributed by atoms with van der Waals surface area (Å²) in [6.45, 7) is 2.95. The predicted molar refractivity (Wildman–Crippen MR) is 47.5 cm³/mol. The first-order valence-corrected chi connectivity index (χ1v) is 5.05. The molecule has 1 aliphatic heterocycles. The van der Waals surface area contributed by atoms with E-state index >= 15 is 0 Å². The molecule has 1 aliphatic rings. The molecule has 1 fully saturated rings. The largest absolute Gasteiger partial charge is 0.434 e. The van der Waals surface area contributed by atoms with Crippen LogP contribution in [-0.4, -0.2) is 18.1 Å². The van der Waals surface area contributed by atoms with E-state index in [1.54, 1.807) is 0 Å². The zero-order chi connectivity index (χ0) is 10.3. The Morgan fingerprint density at radius 2 is 2.07 bits per heavy atom. The minimum absolute atomic E-state index is 0.176. The molecule has 0 aliphatic carbocycles. The number of aromatic nitrogens is 1. The summed E-state index contributed by atoms with van der Waals surface area (Å²) in [5, 5.41) is 3.62. The molecular weight excluding hydrogens is 213 g/mol. The Kier molecular flexibility index (Phi) is 2.27. The molecule has 2 nitrogen and oxygen atoms in total. The van der Waals surface area contributed by atoms with Gasteiger partial charge in [0, 0.05) is 23.9 Å². The van der Waals surface area contributed by atoms with E-state index in [1.165, 1.54) is 6.92 Å². The van der Waals surface area contributed by atoms with Crippen LogP contribution in [-0.2, 0) is 6.18 Å². The molecule has 1 aromatic heterocycles. The van der Waals surface area contributed by atoms with E-state index < -0.39 is 11.9 Å². The number of hydrogen-bond donors (Lipinski definition) is 1. The molecule has 2 heterocycles. The summed E-state index contributed by atoms with van der Waals surface area (Å²) in [5.74, 6) is 0.176. The number of rotatable bonds is 1. The fourth-order valence-corrected chi connectivity index (χ4v) is 2.36. The van der Waals surface area contributed by atoms with Gasteiger partial charge >= 0.3 is 6.18 Å². The first-order chi connectivity index (χ1) is 6.48. The third-order valence-corrected chi connectivity index (χ3v) is 3.35. The van der Waals surface area contributed by atoms with Crippen molar-refractivity contribution >= 4 is 11.3 Å². The summed E-state index contributed by atoms with van der Waals surface area (Å²) in [7, 11) is 0. The first-order valence-electron chi connectivity index (χ1n) is 4.23. The third kappa shape index (κ3) is 1.64. The highest BCUT2D eigenvalue weighted by Crippen LogP contribution is 2.36. The summed E-state index contributed by atoms with van der Waals surface area (Å²) in [6, 6.07) is 0. The van der Waals surface area contributed by atoms with E-state index in [9.17, 15) is 13.2 Å². The smallest absolute Gasteiger partial charge is 0.315 e. The van der Waals surface area contributed by atoms with Gasteiger partial charge in [0.25, 0.3) is 0 Å². The Morgan fingerprint density at radius 3 is 2.43 bits per heavy atom. The van der Waals surface area contributed by atoms with Gasteiger partial charge in [0.1, 0.15) is 0 Å². The van der Waals surface area contributed by atoms with Crippen molar-refractivity contribution in [2.24, 2.45) is 0 Å². The molecule has 0 bridgehead atoms. The minimum atomic E-state index is -4.31. The molecule has 2 rings (SSSR count). The minimum Gasteiger partial charge on any atom is -0.315 e. The Labute approximate surface area is 83.2 Å². The van der Waals surface area contributed by atoms with E-state index in [1.807, 2.05) is 0 Å². The Balaban J connectivity index is 2.29. The number of hydrogen-bond acceptors (Lipinski definition) is 3. The zero-order valence-corrected chi connectivity index (χ0v) is 8.30.